The van der Waals surface area contributed by atoms with E-state index in [0.29, 0.717) is 24.2 Å². The van der Waals surface area contributed by atoms with Crippen LogP contribution >= 0.6 is 0 Å². The molecule has 0 aliphatic carbocycles. The summed E-state index contributed by atoms with van der Waals surface area (Å²) in [6, 6.07) is 11.9. The fourth-order valence-corrected chi connectivity index (χ4v) is 4.44. The predicted molar refractivity (Wildman–Crippen MR) is 104 cm³/mol. The second kappa shape index (κ2) is 6.88. The summed E-state index contributed by atoms with van der Waals surface area (Å²) < 4.78 is 13.6. The van der Waals surface area contributed by atoms with Crippen LogP contribution in [0.2, 0.25) is 0 Å². The van der Waals surface area contributed by atoms with Gasteiger partial charge in [-0.25, -0.2) is 9.18 Å². The predicted octanol–water partition coefficient (Wildman–Crippen LogP) is 2.00. The Balaban J connectivity index is 1.81. The fourth-order valence-electron chi connectivity index (χ4n) is 4.44. The Kier molecular flexibility index (Phi) is 4.49. The Hall–Kier alpha value is -3.42. The van der Waals surface area contributed by atoms with Gasteiger partial charge in [-0.15, -0.1) is 0 Å². The van der Waals surface area contributed by atoms with Crippen molar-refractivity contribution in [1.29, 1.82) is 0 Å². The number of rotatable bonds is 3. The first kappa shape index (κ1) is 18.9. The number of primary amides is 1. The van der Waals surface area contributed by atoms with Crippen LogP contribution in [0.1, 0.15) is 23.6 Å². The van der Waals surface area contributed by atoms with Gasteiger partial charge in [0, 0.05) is 19.3 Å². The van der Waals surface area contributed by atoms with Gasteiger partial charge in [0.2, 0.25) is 11.8 Å². The molecule has 3 N–H and O–H groups in total. The van der Waals surface area contributed by atoms with Crippen molar-refractivity contribution in [3.05, 3.63) is 65.5 Å². The molecule has 2 aromatic carbocycles. The van der Waals surface area contributed by atoms with Crippen molar-refractivity contribution in [2.24, 2.45) is 5.73 Å². The van der Waals surface area contributed by atoms with E-state index in [1.165, 1.54) is 19.2 Å². The zero-order chi connectivity index (χ0) is 20.8. The number of nitrogens with one attached hydrogen (secondary N) is 1. The number of urea groups is 1. The molecule has 2 unspecified atom stereocenters. The van der Waals surface area contributed by atoms with E-state index in [1.54, 1.807) is 17.0 Å². The van der Waals surface area contributed by atoms with Crippen LogP contribution in [0, 0.1) is 5.82 Å². The Morgan fingerprint density at radius 2 is 1.93 bits per heavy atom. The number of carbonyl (C=O) groups is 3. The monoisotopic (exact) mass is 396 g/mol. The molecule has 2 atom stereocenters. The third kappa shape index (κ3) is 2.91. The maximum atomic E-state index is 13.6. The maximum Gasteiger partial charge on any atom is 0.314 e. The van der Waals surface area contributed by atoms with Gasteiger partial charge in [0.1, 0.15) is 17.8 Å². The third-order valence-corrected chi connectivity index (χ3v) is 5.84. The van der Waals surface area contributed by atoms with E-state index in [9.17, 15) is 18.8 Å². The summed E-state index contributed by atoms with van der Waals surface area (Å²) in [6.07, 6.45) is 0.421. The highest BCUT2D eigenvalue weighted by Crippen LogP contribution is 2.54. The molecule has 0 aromatic heterocycles. The molecule has 0 bridgehead atoms. The average molecular weight is 396 g/mol. The molecule has 0 saturated carbocycles. The second-order valence-electron chi connectivity index (χ2n) is 7.46. The number of anilines is 1. The molecule has 1 saturated heterocycles. The number of halogens is 1. The largest absolute Gasteiger partial charge is 0.351 e. The summed E-state index contributed by atoms with van der Waals surface area (Å²) in [5.41, 5.74) is 6.47. The van der Waals surface area contributed by atoms with Gasteiger partial charge >= 0.3 is 6.03 Å². The van der Waals surface area contributed by atoms with E-state index >= 15 is 0 Å². The van der Waals surface area contributed by atoms with Crippen LogP contribution < -0.4 is 11.1 Å². The van der Waals surface area contributed by atoms with Gasteiger partial charge in [-0.2, -0.15) is 0 Å². The van der Waals surface area contributed by atoms with Crippen molar-refractivity contribution in [3.63, 3.8) is 0 Å². The summed E-state index contributed by atoms with van der Waals surface area (Å²) >= 11 is 0. The van der Waals surface area contributed by atoms with Crippen LogP contribution in [-0.2, 0) is 15.0 Å². The normalized spacial score (nSPS) is 22.5. The number of para-hydroxylation sites is 1. The van der Waals surface area contributed by atoms with E-state index in [-0.39, 0.29) is 18.4 Å². The number of hydrogen-bond donors (Lipinski definition) is 2. The lowest BCUT2D eigenvalue weighted by atomic mass is 9.72. The number of hydrogen-bond acceptors (Lipinski definition) is 3. The highest BCUT2D eigenvalue weighted by Gasteiger charge is 2.59. The summed E-state index contributed by atoms with van der Waals surface area (Å²) in [4.78, 5) is 40.3. The molecule has 4 amide bonds. The first-order valence-electron chi connectivity index (χ1n) is 9.31. The zero-order valence-corrected chi connectivity index (χ0v) is 15.9. The number of fused-ring (bicyclic) bond motifs is 2. The Labute approximate surface area is 167 Å². The van der Waals surface area contributed by atoms with Gasteiger partial charge in [-0.1, -0.05) is 30.3 Å². The molecule has 2 aromatic rings. The highest BCUT2D eigenvalue weighted by molar-refractivity contribution is 6.07. The van der Waals surface area contributed by atoms with Gasteiger partial charge in [0.05, 0.1) is 6.04 Å². The van der Waals surface area contributed by atoms with Gasteiger partial charge in [0.15, 0.2) is 0 Å². The molecule has 8 heteroatoms. The van der Waals surface area contributed by atoms with Crippen LogP contribution in [0.3, 0.4) is 0 Å². The lowest BCUT2D eigenvalue weighted by molar-refractivity contribution is -0.133. The molecular weight excluding hydrogens is 375 g/mol. The lowest BCUT2D eigenvalue weighted by Gasteiger charge is -2.35. The quantitative estimate of drug-likeness (QED) is 0.831. The van der Waals surface area contributed by atoms with Crippen molar-refractivity contribution >= 4 is 23.5 Å². The standard InChI is InChI=1S/C21H21FN4O3/c1-25(20(23)29)12-17(27)26-11-10-21(18(26)13-6-8-14(22)9-7-13)15-4-2-3-5-16(15)24-19(21)28/h2-9,18H,10-12H2,1H3,(H2,23,29)(H,24,28). The van der Waals surface area contributed by atoms with Crippen LogP contribution in [-0.4, -0.2) is 47.8 Å². The zero-order valence-electron chi connectivity index (χ0n) is 15.9. The molecule has 1 spiro atoms. The first-order valence-corrected chi connectivity index (χ1v) is 9.31. The maximum absolute atomic E-state index is 13.6. The highest BCUT2D eigenvalue weighted by atomic mass is 19.1. The number of nitrogens with zero attached hydrogens (tertiary/aromatic N) is 2. The van der Waals surface area contributed by atoms with Crippen LogP contribution in [0.4, 0.5) is 14.9 Å². The molecular formula is C21H21FN4O3. The number of amides is 4. The van der Waals surface area contributed by atoms with Gasteiger partial charge in [0.25, 0.3) is 0 Å². The molecule has 7 nitrogen and oxygen atoms in total. The number of benzene rings is 2. The van der Waals surface area contributed by atoms with Gasteiger partial charge < -0.3 is 20.9 Å². The Bertz CT molecular complexity index is 994. The van der Waals surface area contributed by atoms with Crippen molar-refractivity contribution in [3.8, 4) is 0 Å². The van der Waals surface area contributed by atoms with Crippen LogP contribution in [0.5, 0.6) is 0 Å². The minimum Gasteiger partial charge on any atom is -0.351 e. The average Bonchev–Trinajstić information content (AvgIpc) is 3.22. The topological polar surface area (TPSA) is 95.7 Å². The van der Waals surface area contributed by atoms with Crippen molar-refractivity contribution in [1.82, 2.24) is 9.80 Å². The molecule has 2 heterocycles. The molecule has 1 fully saturated rings. The fraction of sp³-hybridized carbons (Fsp3) is 0.286. The Morgan fingerprint density at radius 3 is 2.62 bits per heavy atom. The second-order valence-corrected chi connectivity index (χ2v) is 7.46. The number of likely N-dealkylation sites (tertiary alicyclic amines) is 1. The van der Waals surface area contributed by atoms with E-state index in [1.807, 2.05) is 24.3 Å². The Morgan fingerprint density at radius 1 is 1.24 bits per heavy atom. The van der Waals surface area contributed by atoms with Gasteiger partial charge in [-0.3, -0.25) is 9.59 Å². The summed E-state index contributed by atoms with van der Waals surface area (Å²) in [5.74, 6) is -0.912. The molecule has 29 heavy (non-hydrogen) atoms. The van der Waals surface area contributed by atoms with Crippen molar-refractivity contribution < 1.29 is 18.8 Å². The SMILES string of the molecule is CN(CC(=O)N1CCC2(C(=O)Nc3ccccc32)C1c1ccc(F)cc1)C(N)=O. The van der Waals surface area contributed by atoms with Crippen molar-refractivity contribution in [2.45, 2.75) is 17.9 Å². The summed E-state index contributed by atoms with van der Waals surface area (Å²) in [5, 5.41) is 2.92. The van der Waals surface area contributed by atoms with E-state index in [4.69, 9.17) is 5.73 Å². The van der Waals surface area contributed by atoms with E-state index in [2.05, 4.69) is 5.32 Å². The summed E-state index contributed by atoms with van der Waals surface area (Å²) in [6.45, 7) is 0.127. The third-order valence-electron chi connectivity index (χ3n) is 5.84. The number of nitrogens with two attached hydrogens (primary N) is 1. The number of likely N-dealkylation sites (N-methyl/N-ethyl adjacent to an activating group) is 1. The van der Waals surface area contributed by atoms with Crippen molar-refractivity contribution in [2.75, 3.05) is 25.5 Å². The van der Waals surface area contributed by atoms with E-state index < -0.39 is 23.3 Å². The molecule has 0 radical (unpaired) electrons. The van der Waals surface area contributed by atoms with E-state index in [0.717, 1.165) is 10.5 Å². The van der Waals surface area contributed by atoms with Gasteiger partial charge in [-0.05, 0) is 35.7 Å². The van der Waals surface area contributed by atoms with Crippen LogP contribution in [0.15, 0.2) is 48.5 Å². The summed E-state index contributed by atoms with van der Waals surface area (Å²) in [7, 11) is 1.44. The minimum absolute atomic E-state index is 0.188. The lowest BCUT2D eigenvalue weighted by Crippen LogP contribution is -2.46. The number of carbonyl (C=O) groups excluding carboxylic acids is 3. The molecule has 4 rings (SSSR count). The van der Waals surface area contributed by atoms with Crippen LogP contribution in [0.25, 0.3) is 0 Å². The molecule has 150 valence electrons. The smallest absolute Gasteiger partial charge is 0.314 e. The first-order chi connectivity index (χ1) is 13.8. The molecule has 2 aliphatic heterocycles. The molecule has 2 aliphatic rings. The minimum atomic E-state index is -0.977.